The number of nitrogens with one attached hydrogen (secondary N) is 1. The van der Waals surface area contributed by atoms with Gasteiger partial charge in [-0.2, -0.15) is 12.6 Å². The molecule has 170 valence electrons. The average molecular weight is 458 g/mol. The number of nitrogens with zero attached hydrogens (tertiary/aromatic N) is 3. The van der Waals surface area contributed by atoms with Crippen LogP contribution in [0.1, 0.15) is 52.5 Å². The maximum atomic E-state index is 11.4. The number of allylic oxidation sites excluding steroid dienone is 1. The van der Waals surface area contributed by atoms with E-state index in [1.807, 2.05) is 37.2 Å². The Balaban J connectivity index is 1.36. The fourth-order valence-electron chi connectivity index (χ4n) is 5.64. The lowest BCUT2D eigenvalue weighted by atomic mass is 9.70. The number of hydrogen-bond acceptors (Lipinski definition) is 6. The molecule has 1 aromatic heterocycles. The third kappa shape index (κ3) is 3.56. The smallest absolute Gasteiger partial charge is 0.130 e. The maximum Gasteiger partial charge on any atom is 0.130 e. The predicted molar refractivity (Wildman–Crippen MR) is 141 cm³/mol. The number of anilines is 1. The highest BCUT2D eigenvalue weighted by Gasteiger charge is 2.73. The molecule has 3 aliphatic rings. The van der Waals surface area contributed by atoms with E-state index in [1.54, 1.807) is 6.92 Å². The standard InChI is InChI=1S/C26H31BN4OS/c1-16-8-21(12-28-16)18-6-7-19-11-29-22(10-20(19)9-18)30-17(2)13-31-25(5,32)24(4,33)14-23(3)15-26(23,31)27/h6-7,9-12,32-33H,2,8,13-15H2,1,3-5H3,(H,29,30). The van der Waals surface area contributed by atoms with Crippen LogP contribution in [0, 0.1) is 5.41 Å². The van der Waals surface area contributed by atoms with Crippen LogP contribution in [0.2, 0.25) is 0 Å². The first kappa shape index (κ1) is 22.7. The van der Waals surface area contributed by atoms with Gasteiger partial charge in [0.1, 0.15) is 11.5 Å². The first-order chi connectivity index (χ1) is 15.3. The number of aromatic nitrogens is 1. The predicted octanol–water partition coefficient (Wildman–Crippen LogP) is 4.74. The number of piperidine rings is 1. The number of rotatable bonds is 5. The third-order valence-corrected chi connectivity index (χ3v) is 8.56. The summed E-state index contributed by atoms with van der Waals surface area (Å²) in [6, 6.07) is 8.42. The van der Waals surface area contributed by atoms with Crippen molar-refractivity contribution in [1.29, 1.82) is 0 Å². The SMILES string of the molecule is [B]C12CC1(C)CC(C)(S)C(C)(O)N2CC(=C)Nc1cc2cc(C3=CN=C(C)C3)ccc2cn1. The van der Waals surface area contributed by atoms with Crippen molar-refractivity contribution in [2.45, 2.75) is 62.9 Å². The van der Waals surface area contributed by atoms with E-state index in [4.69, 9.17) is 20.5 Å². The van der Waals surface area contributed by atoms with Crippen LogP contribution in [-0.2, 0) is 0 Å². The van der Waals surface area contributed by atoms with Gasteiger partial charge < -0.3 is 10.4 Å². The normalized spacial score (nSPS) is 35.7. The fraction of sp³-hybridized carbons (Fsp3) is 0.462. The molecule has 0 bridgehead atoms. The second-order valence-corrected chi connectivity index (χ2v) is 11.8. The molecule has 2 aliphatic heterocycles. The van der Waals surface area contributed by atoms with Gasteiger partial charge in [-0.15, -0.1) is 0 Å². The molecule has 2 radical (unpaired) electrons. The molecular weight excluding hydrogens is 427 g/mol. The van der Waals surface area contributed by atoms with E-state index in [9.17, 15) is 5.11 Å². The minimum absolute atomic E-state index is 0.0688. The number of hydrogen-bond donors (Lipinski definition) is 3. The van der Waals surface area contributed by atoms with Crippen LogP contribution in [0.4, 0.5) is 5.82 Å². The minimum atomic E-state index is -1.17. The number of fused-ring (bicyclic) bond motifs is 2. The first-order valence-electron chi connectivity index (χ1n) is 11.4. The summed E-state index contributed by atoms with van der Waals surface area (Å²) in [6.07, 6.45) is 6.29. The van der Waals surface area contributed by atoms with Crippen LogP contribution < -0.4 is 5.32 Å². The van der Waals surface area contributed by atoms with Crippen LogP contribution in [0.25, 0.3) is 16.3 Å². The summed E-state index contributed by atoms with van der Waals surface area (Å²) in [4.78, 5) is 10.9. The Bertz CT molecular complexity index is 1240. The number of pyridine rings is 1. The average Bonchev–Trinajstić information content (AvgIpc) is 3.04. The summed E-state index contributed by atoms with van der Waals surface area (Å²) in [5.74, 6) is 0.715. The molecule has 4 unspecified atom stereocenters. The Morgan fingerprint density at radius 1 is 1.24 bits per heavy atom. The van der Waals surface area contributed by atoms with Gasteiger partial charge in [-0.25, -0.2) is 4.98 Å². The van der Waals surface area contributed by atoms with Crippen molar-refractivity contribution >= 4 is 48.4 Å². The Morgan fingerprint density at radius 2 is 2.00 bits per heavy atom. The van der Waals surface area contributed by atoms with Crippen molar-refractivity contribution in [3.05, 3.63) is 54.5 Å². The summed E-state index contributed by atoms with van der Waals surface area (Å²) in [5, 5.41) is 16.9. The van der Waals surface area contributed by atoms with Crippen molar-refractivity contribution in [2.75, 3.05) is 11.9 Å². The molecule has 1 saturated heterocycles. The molecular formula is C26H31BN4OS. The van der Waals surface area contributed by atoms with E-state index < -0.39 is 15.9 Å². The Labute approximate surface area is 202 Å². The molecule has 0 spiro atoms. The topological polar surface area (TPSA) is 60.8 Å². The van der Waals surface area contributed by atoms with Gasteiger partial charge in [0.2, 0.25) is 0 Å². The number of aliphatic imine (C=N–C) groups is 1. The van der Waals surface area contributed by atoms with E-state index >= 15 is 0 Å². The van der Waals surface area contributed by atoms with Gasteiger partial charge in [0.15, 0.2) is 0 Å². The molecule has 3 heterocycles. The van der Waals surface area contributed by atoms with E-state index in [2.05, 4.69) is 47.0 Å². The zero-order valence-corrected chi connectivity index (χ0v) is 20.7. The van der Waals surface area contributed by atoms with Gasteiger partial charge >= 0.3 is 0 Å². The van der Waals surface area contributed by atoms with Gasteiger partial charge in [-0.1, -0.05) is 25.6 Å². The van der Waals surface area contributed by atoms with Crippen molar-refractivity contribution in [3.8, 4) is 0 Å². The molecule has 1 aromatic carbocycles. The summed E-state index contributed by atoms with van der Waals surface area (Å²) < 4.78 is -0.587. The lowest BCUT2D eigenvalue weighted by molar-refractivity contribution is -0.155. The highest BCUT2D eigenvalue weighted by atomic mass is 32.1. The number of likely N-dealkylation sites (tertiary alicyclic amines) is 1. The molecule has 7 heteroatoms. The fourth-order valence-corrected chi connectivity index (χ4v) is 6.11. The van der Waals surface area contributed by atoms with Crippen molar-refractivity contribution in [2.24, 2.45) is 10.4 Å². The van der Waals surface area contributed by atoms with Crippen LogP contribution in [-0.4, -0.2) is 51.0 Å². The van der Waals surface area contributed by atoms with Crippen LogP contribution >= 0.6 is 12.6 Å². The van der Waals surface area contributed by atoms with Crippen LogP contribution in [0.15, 0.2) is 53.9 Å². The molecule has 0 amide bonds. The summed E-state index contributed by atoms with van der Waals surface area (Å²) in [6.45, 7) is 12.6. The molecule has 2 N–H and O–H groups in total. The van der Waals surface area contributed by atoms with Gasteiger partial charge in [-0.3, -0.25) is 9.89 Å². The molecule has 1 aliphatic carbocycles. The van der Waals surface area contributed by atoms with Gasteiger partial charge in [0.25, 0.3) is 0 Å². The van der Waals surface area contributed by atoms with Crippen molar-refractivity contribution in [3.63, 3.8) is 0 Å². The number of thiol groups is 1. The third-order valence-electron chi connectivity index (χ3n) is 7.98. The lowest BCUT2D eigenvalue weighted by Crippen LogP contribution is -2.68. The van der Waals surface area contributed by atoms with Crippen LogP contribution in [0.3, 0.4) is 0 Å². The molecule has 1 saturated carbocycles. The van der Waals surface area contributed by atoms with E-state index in [0.717, 1.165) is 41.4 Å². The van der Waals surface area contributed by atoms with Gasteiger partial charge in [-0.05, 0) is 73.1 Å². The highest BCUT2D eigenvalue weighted by Crippen LogP contribution is 2.68. The zero-order valence-electron chi connectivity index (χ0n) is 19.8. The summed E-state index contributed by atoms with van der Waals surface area (Å²) in [7, 11) is 6.76. The quantitative estimate of drug-likeness (QED) is 0.447. The minimum Gasteiger partial charge on any atom is -0.374 e. The first-order valence-corrected chi connectivity index (χ1v) is 11.9. The Kier molecular flexibility index (Phi) is 4.96. The molecule has 5 rings (SSSR count). The van der Waals surface area contributed by atoms with E-state index in [0.29, 0.717) is 12.4 Å². The second-order valence-electron chi connectivity index (χ2n) is 10.8. The van der Waals surface area contributed by atoms with E-state index in [1.165, 1.54) is 11.1 Å². The summed E-state index contributed by atoms with van der Waals surface area (Å²) in [5.41, 5.74) is 2.46. The summed E-state index contributed by atoms with van der Waals surface area (Å²) >= 11 is 4.83. The lowest BCUT2D eigenvalue weighted by Gasteiger charge is -2.56. The maximum absolute atomic E-state index is 11.4. The highest BCUT2D eigenvalue weighted by molar-refractivity contribution is 7.81. The van der Waals surface area contributed by atoms with Crippen LogP contribution in [0.5, 0.6) is 0 Å². The van der Waals surface area contributed by atoms with Gasteiger partial charge in [0, 0.05) is 42.2 Å². The van der Waals surface area contributed by atoms with Crippen molar-refractivity contribution < 1.29 is 5.11 Å². The molecule has 33 heavy (non-hydrogen) atoms. The van der Waals surface area contributed by atoms with Gasteiger partial charge in [0.05, 0.1) is 12.6 Å². The molecule has 2 fully saturated rings. The van der Waals surface area contributed by atoms with E-state index in [-0.39, 0.29) is 5.41 Å². The number of benzene rings is 1. The number of aliphatic hydroxyl groups is 1. The monoisotopic (exact) mass is 458 g/mol. The largest absolute Gasteiger partial charge is 0.374 e. The Morgan fingerprint density at radius 3 is 2.70 bits per heavy atom. The zero-order chi connectivity index (χ0) is 23.8. The Hall–Kier alpha value is -2.09. The molecule has 5 nitrogen and oxygen atoms in total. The molecule has 2 aromatic rings. The molecule has 4 atom stereocenters. The second kappa shape index (κ2) is 7.21. The van der Waals surface area contributed by atoms with Crippen molar-refractivity contribution in [1.82, 2.24) is 9.88 Å².